The smallest absolute Gasteiger partial charge is 0.347 e. The third-order valence-electron chi connectivity index (χ3n) is 1.89. The van der Waals surface area contributed by atoms with E-state index < -0.39 is 5.97 Å². The van der Waals surface area contributed by atoms with E-state index in [0.717, 1.165) is 21.5 Å². The van der Waals surface area contributed by atoms with Crippen molar-refractivity contribution in [1.29, 1.82) is 0 Å². The maximum Gasteiger partial charge on any atom is 0.347 e. The second-order valence-electron chi connectivity index (χ2n) is 3.08. The lowest BCUT2D eigenvalue weighted by Gasteiger charge is -2.05. The number of benzene rings is 1. The molecule has 0 saturated heterocycles. The highest BCUT2D eigenvalue weighted by atomic mass is 79.9. The van der Waals surface area contributed by atoms with Crippen molar-refractivity contribution >= 4 is 55.7 Å². The molecule has 1 heterocycles. The Balaban J connectivity index is 2.25. The molecule has 0 atom stereocenters. The molecule has 88 valence electrons. The molecule has 7 heteroatoms. The van der Waals surface area contributed by atoms with Crippen LogP contribution in [0.5, 0.6) is 0 Å². The van der Waals surface area contributed by atoms with Gasteiger partial charge in [0.2, 0.25) is 0 Å². The highest BCUT2D eigenvalue weighted by Gasteiger charge is 2.09. The second kappa shape index (κ2) is 5.03. The van der Waals surface area contributed by atoms with Gasteiger partial charge < -0.3 is 10.4 Å². The first-order valence-corrected chi connectivity index (χ1v) is 6.46. The number of aromatic carboxylic acids is 1. The van der Waals surface area contributed by atoms with E-state index in [1.54, 1.807) is 18.2 Å². The highest BCUT2D eigenvalue weighted by molar-refractivity contribution is 9.10. The van der Waals surface area contributed by atoms with Crippen molar-refractivity contribution in [1.82, 2.24) is 4.98 Å². The lowest BCUT2D eigenvalue weighted by Crippen LogP contribution is -1.90. The molecule has 0 amide bonds. The van der Waals surface area contributed by atoms with Crippen LogP contribution in [0.4, 0.5) is 10.8 Å². The Bertz CT molecular complexity index is 573. The van der Waals surface area contributed by atoms with Gasteiger partial charge in [-0.2, -0.15) is 0 Å². The molecule has 1 aromatic carbocycles. The minimum absolute atomic E-state index is 0.186. The van der Waals surface area contributed by atoms with Crippen LogP contribution in [0.15, 0.2) is 28.9 Å². The van der Waals surface area contributed by atoms with Gasteiger partial charge >= 0.3 is 5.97 Å². The number of rotatable bonds is 3. The Labute approximate surface area is 114 Å². The van der Waals surface area contributed by atoms with Crippen LogP contribution < -0.4 is 5.32 Å². The third-order valence-corrected chi connectivity index (χ3v) is 3.71. The number of carbonyl (C=O) groups is 1. The summed E-state index contributed by atoms with van der Waals surface area (Å²) >= 11 is 10.3. The molecule has 0 aliphatic carbocycles. The zero-order valence-corrected chi connectivity index (χ0v) is 11.4. The van der Waals surface area contributed by atoms with Crippen LogP contribution in [-0.4, -0.2) is 16.1 Å². The number of carboxylic acid groups (broad SMARTS) is 1. The number of nitrogens with zero attached hydrogens (tertiary/aromatic N) is 1. The van der Waals surface area contributed by atoms with E-state index in [0.29, 0.717) is 10.2 Å². The number of hydrogen-bond donors (Lipinski definition) is 2. The van der Waals surface area contributed by atoms with E-state index in [1.165, 1.54) is 6.20 Å². The van der Waals surface area contributed by atoms with Gasteiger partial charge in [0.25, 0.3) is 0 Å². The molecule has 0 fully saturated rings. The summed E-state index contributed by atoms with van der Waals surface area (Å²) in [4.78, 5) is 14.9. The number of nitrogens with one attached hydrogen (secondary N) is 1. The summed E-state index contributed by atoms with van der Waals surface area (Å²) < 4.78 is 0.828. The summed E-state index contributed by atoms with van der Waals surface area (Å²) in [5.74, 6) is -0.985. The van der Waals surface area contributed by atoms with Crippen LogP contribution in [0.2, 0.25) is 5.02 Å². The molecule has 2 N–H and O–H groups in total. The monoisotopic (exact) mass is 332 g/mol. The first-order valence-electron chi connectivity index (χ1n) is 4.47. The molecule has 0 bridgehead atoms. The minimum Gasteiger partial charge on any atom is -0.477 e. The average molecular weight is 334 g/mol. The SMILES string of the molecule is O=C(O)c1cnc(Nc2cc(Cl)ccc2Br)s1. The van der Waals surface area contributed by atoms with Gasteiger partial charge in [-0.3, -0.25) is 0 Å². The molecular formula is C10H6BrClN2O2S. The fourth-order valence-corrected chi connectivity index (χ4v) is 2.32. The van der Waals surface area contributed by atoms with E-state index in [1.807, 2.05) is 0 Å². The van der Waals surface area contributed by atoms with Crippen LogP contribution in [0, 0.1) is 0 Å². The normalized spacial score (nSPS) is 10.2. The number of aromatic nitrogens is 1. The van der Waals surface area contributed by atoms with Crippen LogP contribution in [0.3, 0.4) is 0 Å². The first kappa shape index (κ1) is 12.3. The zero-order chi connectivity index (χ0) is 12.4. The van der Waals surface area contributed by atoms with Gasteiger partial charge in [-0.05, 0) is 34.1 Å². The molecule has 0 unspecified atom stereocenters. The maximum atomic E-state index is 10.7. The number of thiazole rings is 1. The fraction of sp³-hybridized carbons (Fsp3) is 0. The van der Waals surface area contributed by atoms with Crippen LogP contribution in [-0.2, 0) is 0 Å². The summed E-state index contributed by atoms with van der Waals surface area (Å²) in [6, 6.07) is 5.28. The molecule has 2 rings (SSSR count). The molecule has 2 aromatic rings. The highest BCUT2D eigenvalue weighted by Crippen LogP contribution is 2.30. The summed E-state index contributed by atoms with van der Waals surface area (Å²) in [7, 11) is 0. The predicted octanol–water partition coefficient (Wildman–Crippen LogP) is 4.00. The second-order valence-corrected chi connectivity index (χ2v) is 5.41. The van der Waals surface area contributed by atoms with E-state index in [4.69, 9.17) is 16.7 Å². The Morgan fingerprint density at radius 2 is 2.29 bits per heavy atom. The van der Waals surface area contributed by atoms with Gasteiger partial charge in [-0.1, -0.05) is 22.9 Å². The number of anilines is 2. The van der Waals surface area contributed by atoms with Crippen LogP contribution in [0.1, 0.15) is 9.67 Å². The standard InChI is InChI=1S/C10H6BrClN2O2S/c11-6-2-1-5(12)3-7(6)14-10-13-4-8(17-10)9(15)16/h1-4H,(H,13,14)(H,15,16). The number of halogens is 2. The zero-order valence-electron chi connectivity index (χ0n) is 8.28. The summed E-state index contributed by atoms with van der Waals surface area (Å²) in [6.45, 7) is 0. The lowest BCUT2D eigenvalue weighted by atomic mass is 10.3. The molecule has 0 spiro atoms. The first-order chi connectivity index (χ1) is 8.06. The molecule has 0 saturated carbocycles. The van der Waals surface area contributed by atoms with Crippen molar-refractivity contribution in [3.63, 3.8) is 0 Å². The molecule has 0 radical (unpaired) electrons. The molecule has 4 nitrogen and oxygen atoms in total. The van der Waals surface area contributed by atoms with Crippen LogP contribution in [0.25, 0.3) is 0 Å². The molecule has 17 heavy (non-hydrogen) atoms. The van der Waals surface area contributed by atoms with Gasteiger partial charge in [0.1, 0.15) is 4.88 Å². The van der Waals surface area contributed by atoms with Gasteiger partial charge in [0.05, 0.1) is 11.9 Å². The van der Waals surface area contributed by atoms with Crippen molar-refractivity contribution in [3.05, 3.63) is 38.8 Å². The third kappa shape index (κ3) is 2.96. The Morgan fingerprint density at radius 1 is 1.53 bits per heavy atom. The number of hydrogen-bond acceptors (Lipinski definition) is 4. The Kier molecular flexibility index (Phi) is 3.66. The van der Waals surface area contributed by atoms with E-state index in [2.05, 4.69) is 26.2 Å². The van der Waals surface area contributed by atoms with Crippen molar-refractivity contribution in [2.45, 2.75) is 0 Å². The quantitative estimate of drug-likeness (QED) is 0.891. The molecular weight excluding hydrogens is 328 g/mol. The van der Waals surface area contributed by atoms with Gasteiger partial charge in [-0.25, -0.2) is 9.78 Å². The lowest BCUT2D eigenvalue weighted by molar-refractivity contribution is 0.0702. The number of carboxylic acids is 1. The van der Waals surface area contributed by atoms with E-state index >= 15 is 0 Å². The largest absolute Gasteiger partial charge is 0.477 e. The van der Waals surface area contributed by atoms with E-state index in [-0.39, 0.29) is 4.88 Å². The Hall–Kier alpha value is -1.11. The predicted molar refractivity (Wildman–Crippen MR) is 71.5 cm³/mol. The summed E-state index contributed by atoms with van der Waals surface area (Å²) in [5.41, 5.74) is 0.740. The van der Waals surface area contributed by atoms with Crippen molar-refractivity contribution in [2.24, 2.45) is 0 Å². The van der Waals surface area contributed by atoms with Crippen molar-refractivity contribution in [2.75, 3.05) is 5.32 Å². The average Bonchev–Trinajstić information content (AvgIpc) is 2.72. The van der Waals surface area contributed by atoms with Crippen molar-refractivity contribution in [3.8, 4) is 0 Å². The fourth-order valence-electron chi connectivity index (χ4n) is 1.14. The van der Waals surface area contributed by atoms with Gasteiger partial charge in [0, 0.05) is 9.50 Å². The minimum atomic E-state index is -0.985. The summed E-state index contributed by atoms with van der Waals surface area (Å²) in [6.07, 6.45) is 1.31. The van der Waals surface area contributed by atoms with Gasteiger partial charge in [0.15, 0.2) is 5.13 Å². The van der Waals surface area contributed by atoms with Gasteiger partial charge in [-0.15, -0.1) is 0 Å². The molecule has 0 aliphatic heterocycles. The Morgan fingerprint density at radius 3 is 2.94 bits per heavy atom. The van der Waals surface area contributed by atoms with E-state index in [9.17, 15) is 4.79 Å². The molecule has 0 aliphatic rings. The maximum absolute atomic E-state index is 10.7. The van der Waals surface area contributed by atoms with Crippen LogP contribution >= 0.6 is 38.9 Å². The topological polar surface area (TPSA) is 62.2 Å². The molecule has 1 aromatic heterocycles. The van der Waals surface area contributed by atoms with Crippen molar-refractivity contribution < 1.29 is 9.90 Å². The summed E-state index contributed by atoms with van der Waals surface area (Å²) in [5, 5.41) is 12.9.